The molecule has 0 saturated carbocycles. The highest BCUT2D eigenvalue weighted by Gasteiger charge is 2.31. The first-order chi connectivity index (χ1) is 9.29. The van der Waals surface area contributed by atoms with E-state index in [4.69, 9.17) is 5.73 Å². The number of aromatic nitrogens is 1. The van der Waals surface area contributed by atoms with Gasteiger partial charge in [-0.05, 0) is 54.8 Å². The summed E-state index contributed by atoms with van der Waals surface area (Å²) in [6, 6.07) is 6.74. The third-order valence-electron chi connectivity index (χ3n) is 3.19. The van der Waals surface area contributed by atoms with E-state index in [0.717, 1.165) is 17.7 Å². The van der Waals surface area contributed by atoms with Crippen LogP contribution in [0.3, 0.4) is 0 Å². The van der Waals surface area contributed by atoms with Crippen molar-refractivity contribution in [1.82, 2.24) is 4.98 Å². The molecule has 0 aliphatic heterocycles. The van der Waals surface area contributed by atoms with Gasteiger partial charge >= 0.3 is 6.18 Å². The Balaban J connectivity index is 2.38. The number of alkyl halides is 3. The summed E-state index contributed by atoms with van der Waals surface area (Å²) in [7, 11) is 0. The van der Waals surface area contributed by atoms with E-state index >= 15 is 0 Å². The summed E-state index contributed by atoms with van der Waals surface area (Å²) in [5, 5.41) is 0. The molecular weight excluding hydrogens is 265 g/mol. The molecule has 1 atom stereocenters. The van der Waals surface area contributed by atoms with E-state index in [1.54, 1.807) is 13.1 Å². The standard InChI is InChI=1S/C15H15F3N2/c1-9-5-6-20-13(7-9)14(19)12-4-3-11(8-10(12)2)15(16,17)18/h3-8,14H,19H2,1-2H3. The molecule has 1 heterocycles. The molecule has 0 saturated heterocycles. The van der Waals surface area contributed by atoms with Crippen molar-refractivity contribution in [2.24, 2.45) is 5.73 Å². The molecule has 1 aromatic heterocycles. The second-order valence-electron chi connectivity index (χ2n) is 4.80. The van der Waals surface area contributed by atoms with Crippen LogP contribution in [0.2, 0.25) is 0 Å². The van der Waals surface area contributed by atoms with Crippen LogP contribution in [0, 0.1) is 13.8 Å². The first-order valence-electron chi connectivity index (χ1n) is 6.15. The van der Waals surface area contributed by atoms with Crippen molar-refractivity contribution in [2.75, 3.05) is 0 Å². The first kappa shape index (κ1) is 14.5. The summed E-state index contributed by atoms with van der Waals surface area (Å²) in [6.45, 7) is 3.54. The van der Waals surface area contributed by atoms with Crippen LogP contribution in [0.1, 0.15) is 34.0 Å². The molecule has 0 aliphatic carbocycles. The molecule has 0 radical (unpaired) electrons. The van der Waals surface area contributed by atoms with E-state index in [1.807, 2.05) is 19.1 Å². The monoisotopic (exact) mass is 280 g/mol. The van der Waals surface area contributed by atoms with Crippen molar-refractivity contribution in [3.05, 3.63) is 64.5 Å². The predicted molar refractivity (Wildman–Crippen MR) is 71.2 cm³/mol. The van der Waals surface area contributed by atoms with Crippen LogP contribution in [-0.2, 0) is 6.18 Å². The van der Waals surface area contributed by atoms with E-state index < -0.39 is 17.8 Å². The largest absolute Gasteiger partial charge is 0.416 e. The molecule has 2 rings (SSSR count). The lowest BCUT2D eigenvalue weighted by Crippen LogP contribution is -2.16. The van der Waals surface area contributed by atoms with Gasteiger partial charge in [0, 0.05) is 6.20 Å². The Bertz CT molecular complexity index is 621. The van der Waals surface area contributed by atoms with Crippen molar-refractivity contribution in [3.8, 4) is 0 Å². The summed E-state index contributed by atoms with van der Waals surface area (Å²) in [5.41, 5.74) is 8.25. The molecule has 0 aliphatic rings. The van der Waals surface area contributed by atoms with Crippen molar-refractivity contribution in [2.45, 2.75) is 26.1 Å². The van der Waals surface area contributed by atoms with E-state index in [-0.39, 0.29) is 0 Å². The lowest BCUT2D eigenvalue weighted by atomic mass is 9.96. The van der Waals surface area contributed by atoms with Crippen molar-refractivity contribution < 1.29 is 13.2 Å². The molecule has 0 spiro atoms. The topological polar surface area (TPSA) is 38.9 Å². The van der Waals surface area contributed by atoms with Gasteiger partial charge < -0.3 is 5.73 Å². The number of nitrogens with zero attached hydrogens (tertiary/aromatic N) is 1. The van der Waals surface area contributed by atoms with Gasteiger partial charge in [0.1, 0.15) is 0 Å². The molecule has 0 amide bonds. The Morgan fingerprint density at radius 1 is 1.10 bits per heavy atom. The quantitative estimate of drug-likeness (QED) is 0.909. The number of aryl methyl sites for hydroxylation is 2. The average Bonchev–Trinajstić information content (AvgIpc) is 2.36. The number of hydrogen-bond donors (Lipinski definition) is 1. The van der Waals surface area contributed by atoms with Gasteiger partial charge in [-0.1, -0.05) is 6.07 Å². The van der Waals surface area contributed by atoms with Crippen molar-refractivity contribution in [1.29, 1.82) is 0 Å². The van der Waals surface area contributed by atoms with Crippen molar-refractivity contribution in [3.63, 3.8) is 0 Å². The van der Waals surface area contributed by atoms with E-state index in [2.05, 4.69) is 4.98 Å². The normalized spacial score (nSPS) is 13.3. The van der Waals surface area contributed by atoms with Gasteiger partial charge in [0.05, 0.1) is 17.3 Å². The molecule has 2 nitrogen and oxygen atoms in total. The smallest absolute Gasteiger partial charge is 0.319 e. The minimum atomic E-state index is -4.34. The van der Waals surface area contributed by atoms with Gasteiger partial charge in [-0.2, -0.15) is 13.2 Å². The number of hydrogen-bond acceptors (Lipinski definition) is 2. The van der Waals surface area contributed by atoms with Crippen molar-refractivity contribution >= 4 is 0 Å². The summed E-state index contributed by atoms with van der Waals surface area (Å²) in [6.07, 6.45) is -2.70. The Labute approximate surface area is 115 Å². The van der Waals surface area contributed by atoms with Crippen LogP contribution in [0.5, 0.6) is 0 Å². The Hall–Kier alpha value is -1.88. The lowest BCUT2D eigenvalue weighted by Gasteiger charge is -2.16. The zero-order valence-electron chi connectivity index (χ0n) is 11.2. The number of pyridine rings is 1. The molecule has 0 fully saturated rings. The molecule has 1 aromatic carbocycles. The first-order valence-corrected chi connectivity index (χ1v) is 6.15. The summed E-state index contributed by atoms with van der Waals surface area (Å²) in [4.78, 5) is 4.18. The van der Waals surface area contributed by atoms with Crippen LogP contribution < -0.4 is 5.73 Å². The van der Waals surface area contributed by atoms with Crippen LogP contribution in [0.15, 0.2) is 36.5 Å². The Kier molecular flexibility index (Phi) is 3.81. The molecule has 2 aromatic rings. The van der Waals surface area contributed by atoms with Crippen LogP contribution in [-0.4, -0.2) is 4.98 Å². The highest BCUT2D eigenvalue weighted by atomic mass is 19.4. The van der Waals surface area contributed by atoms with E-state index in [9.17, 15) is 13.2 Å². The minimum absolute atomic E-state index is 0.510. The zero-order chi connectivity index (χ0) is 14.9. The van der Waals surface area contributed by atoms with Crippen LogP contribution in [0.4, 0.5) is 13.2 Å². The maximum Gasteiger partial charge on any atom is 0.416 e. The second kappa shape index (κ2) is 5.25. The average molecular weight is 280 g/mol. The van der Waals surface area contributed by atoms with E-state index in [1.165, 1.54) is 6.07 Å². The highest BCUT2D eigenvalue weighted by Crippen LogP contribution is 2.32. The predicted octanol–water partition coefficient (Wildman–Crippen LogP) is 3.77. The fourth-order valence-electron chi connectivity index (χ4n) is 2.09. The number of nitrogens with two attached hydrogens (primary N) is 1. The fourth-order valence-corrected chi connectivity index (χ4v) is 2.09. The third kappa shape index (κ3) is 2.99. The molecule has 1 unspecified atom stereocenters. The summed E-state index contributed by atoms with van der Waals surface area (Å²) >= 11 is 0. The maximum absolute atomic E-state index is 12.6. The molecule has 5 heteroatoms. The molecule has 20 heavy (non-hydrogen) atoms. The molecule has 2 N–H and O–H groups in total. The number of rotatable bonds is 2. The molecule has 106 valence electrons. The maximum atomic E-state index is 12.6. The van der Waals surface area contributed by atoms with E-state index in [0.29, 0.717) is 16.8 Å². The Morgan fingerprint density at radius 3 is 2.35 bits per heavy atom. The molecule has 0 bridgehead atoms. The Morgan fingerprint density at radius 2 is 1.80 bits per heavy atom. The molecular formula is C15H15F3N2. The second-order valence-corrected chi connectivity index (χ2v) is 4.80. The van der Waals surface area contributed by atoms with Gasteiger partial charge in [0.15, 0.2) is 0 Å². The van der Waals surface area contributed by atoms with Crippen LogP contribution in [0.25, 0.3) is 0 Å². The van der Waals surface area contributed by atoms with Gasteiger partial charge in [-0.25, -0.2) is 0 Å². The van der Waals surface area contributed by atoms with Gasteiger partial charge in [-0.3, -0.25) is 4.98 Å². The summed E-state index contributed by atoms with van der Waals surface area (Å²) in [5.74, 6) is 0. The minimum Gasteiger partial charge on any atom is -0.319 e. The summed E-state index contributed by atoms with van der Waals surface area (Å²) < 4.78 is 37.9. The third-order valence-corrected chi connectivity index (χ3v) is 3.19. The SMILES string of the molecule is Cc1ccnc(C(N)c2ccc(C(F)(F)F)cc2C)c1. The van der Waals surface area contributed by atoms with Gasteiger partial charge in [0.25, 0.3) is 0 Å². The number of halogens is 3. The zero-order valence-corrected chi connectivity index (χ0v) is 11.2. The van der Waals surface area contributed by atoms with Gasteiger partial charge in [-0.15, -0.1) is 0 Å². The van der Waals surface area contributed by atoms with Crippen LogP contribution >= 0.6 is 0 Å². The van der Waals surface area contributed by atoms with Gasteiger partial charge in [0.2, 0.25) is 0 Å². The number of benzene rings is 1. The highest BCUT2D eigenvalue weighted by molar-refractivity contribution is 5.38. The fraction of sp³-hybridized carbons (Fsp3) is 0.267. The lowest BCUT2D eigenvalue weighted by molar-refractivity contribution is -0.137.